The van der Waals surface area contributed by atoms with Gasteiger partial charge in [-0.3, -0.25) is 0 Å². The van der Waals surface area contributed by atoms with Gasteiger partial charge in [0.25, 0.3) is 0 Å². The van der Waals surface area contributed by atoms with Crippen LogP contribution in [0.4, 0.5) is 0 Å². The predicted octanol–water partition coefficient (Wildman–Crippen LogP) is -4.40. The maximum Gasteiger partial charge on any atom is -0.0149 e. The third kappa shape index (κ3) is 46.2. The van der Waals surface area contributed by atoms with Gasteiger partial charge in [0, 0.05) is 27.7 Å². The molecule has 0 amide bonds. The second-order valence-electron chi connectivity index (χ2n) is 0. The molecule has 0 N–H and O–H groups in total. The molecule has 0 saturated carbocycles. The molecule has 0 nitrogen and oxygen atoms in total. The Balaban J connectivity index is 0. The molecule has 8 heteroatoms. The first kappa shape index (κ1) is 80.1. The monoisotopic (exact) mass is 620 g/mol. The van der Waals surface area contributed by atoms with Gasteiger partial charge in [-0.15, -0.1) is 0 Å². The Hall–Kier alpha value is 4.60. The van der Waals surface area contributed by atoms with Gasteiger partial charge in [0.05, 0.1) is 0 Å². The molecule has 0 aliphatic heterocycles. The third-order valence-electron chi connectivity index (χ3n) is 0. The summed E-state index contributed by atoms with van der Waals surface area (Å²) < 4.78 is 0. The molecule has 52 valence electrons. The van der Waals surface area contributed by atoms with Crippen molar-refractivity contribution in [2.24, 2.45) is 0 Å². The normalized spacial score (nSPS) is 0. The Bertz CT molecular complexity index is 17.2. The standard InChI is InChI=1S/Ca.Hg.Pb.3H2S.2H4Si.4H/h;;;3*1H2;2*1H4;;;;. The van der Waals surface area contributed by atoms with E-state index in [0.717, 1.165) is 0 Å². The van der Waals surface area contributed by atoms with Gasteiger partial charge in [0.15, 0.2) is 0 Å². The fourth-order valence-electron chi connectivity index (χ4n) is 0. The fraction of sp³-hybridized carbons (Fsp3) is 0. The van der Waals surface area contributed by atoms with Crippen LogP contribution in [0, 0.1) is 0 Å². The van der Waals surface area contributed by atoms with Crippen LogP contribution in [-0.4, -0.2) is 87.0 Å². The van der Waals surface area contributed by atoms with Crippen LogP contribution < -0.4 is 0 Å². The molecule has 0 aromatic carbocycles. The molecule has 0 aromatic heterocycles. The first-order chi connectivity index (χ1) is 0. The van der Waals surface area contributed by atoms with Crippen molar-refractivity contribution >= 4 is 127 Å². The van der Waals surface area contributed by atoms with Crippen LogP contribution in [0.15, 0.2) is 0 Å². The summed E-state index contributed by atoms with van der Waals surface area (Å²) >= 11 is 0. The zero-order valence-electron chi connectivity index (χ0n) is 2.91. The average molecular weight is 618 g/mol. The van der Waals surface area contributed by atoms with Gasteiger partial charge < -0.3 is 0 Å². The van der Waals surface area contributed by atoms with Crippen molar-refractivity contribution in [3.63, 3.8) is 0 Å². The van der Waals surface area contributed by atoms with Crippen LogP contribution in [0.25, 0.3) is 0 Å². The van der Waals surface area contributed by atoms with E-state index < -0.39 is 0 Å². The molecule has 0 unspecified atom stereocenters. The smallest absolute Gasteiger partial charge is 0.0149 e. The van der Waals surface area contributed by atoms with Gasteiger partial charge in [-0.1, -0.05) is 0 Å². The maximum absolute atomic E-state index is 0. The second kappa shape index (κ2) is 61.6. The molecular formula is H18CaHgPbS3Si2. The van der Waals surface area contributed by atoms with E-state index >= 15 is 0 Å². The molecule has 0 fully saturated rings. The average Bonchev–Trinajstić information content (AvgIpc) is 0. The van der Waals surface area contributed by atoms with E-state index in [9.17, 15) is 0 Å². The van der Waals surface area contributed by atoms with Gasteiger partial charge in [0.1, 0.15) is 0 Å². The SMILES string of the molecule is S.S.S.[CaH2].[Hg].[PbH2].[SiH4].[SiH4]. The minimum Gasteiger partial charge on any atom is -0.0149 e. The molecular weight excluding hydrogens is 600 g/mol. The number of hydrogen-bond acceptors (Lipinski definition) is 0. The maximum atomic E-state index is 0. The summed E-state index contributed by atoms with van der Waals surface area (Å²) in [6.07, 6.45) is 0. The summed E-state index contributed by atoms with van der Waals surface area (Å²) in [5.41, 5.74) is 0. The van der Waals surface area contributed by atoms with E-state index in [0.29, 0.717) is 0 Å². The van der Waals surface area contributed by atoms with E-state index in [-0.39, 0.29) is 155 Å². The summed E-state index contributed by atoms with van der Waals surface area (Å²) in [6.45, 7) is 0. The Morgan fingerprint density at radius 2 is 0.625 bits per heavy atom. The molecule has 8 heavy (non-hydrogen) atoms. The Morgan fingerprint density at radius 1 is 0.625 bits per heavy atom. The van der Waals surface area contributed by atoms with Gasteiger partial charge in [0.2, 0.25) is 0 Å². The molecule has 0 spiro atoms. The first-order valence-electron chi connectivity index (χ1n) is 0. The summed E-state index contributed by atoms with van der Waals surface area (Å²) in [6, 6.07) is 0. The van der Waals surface area contributed by atoms with Crippen molar-refractivity contribution in [2.45, 2.75) is 0 Å². The zero-order valence-corrected chi connectivity index (χ0v) is 16.9. The minimum atomic E-state index is 0. The molecule has 0 bridgehead atoms. The largest absolute Gasteiger partial charge is 0.0149 e. The summed E-state index contributed by atoms with van der Waals surface area (Å²) in [4.78, 5) is 0. The summed E-state index contributed by atoms with van der Waals surface area (Å²) in [5, 5.41) is 0. The first-order valence-corrected chi connectivity index (χ1v) is 0. The van der Waals surface area contributed by atoms with Crippen molar-refractivity contribution in [3.05, 3.63) is 0 Å². The van der Waals surface area contributed by atoms with Crippen LogP contribution >= 0.6 is 40.5 Å². The van der Waals surface area contributed by atoms with Gasteiger partial charge in [-0.25, -0.2) is 0 Å². The van der Waals surface area contributed by atoms with Gasteiger partial charge >= 0.3 is 65.0 Å². The molecule has 0 saturated heterocycles. The van der Waals surface area contributed by atoms with E-state index in [1.54, 1.807) is 0 Å². The van der Waals surface area contributed by atoms with Crippen molar-refractivity contribution < 1.29 is 27.7 Å². The van der Waals surface area contributed by atoms with Crippen molar-refractivity contribution in [3.8, 4) is 0 Å². The van der Waals surface area contributed by atoms with E-state index in [4.69, 9.17) is 0 Å². The van der Waals surface area contributed by atoms with Crippen molar-refractivity contribution in [2.75, 3.05) is 0 Å². The summed E-state index contributed by atoms with van der Waals surface area (Å²) in [5.74, 6) is 0. The third-order valence-corrected chi connectivity index (χ3v) is 0. The van der Waals surface area contributed by atoms with Gasteiger partial charge in [-0.05, 0) is 21.9 Å². The molecule has 0 heterocycles. The minimum absolute atomic E-state index is 0. The van der Waals surface area contributed by atoms with Crippen LogP contribution in [0.2, 0.25) is 0 Å². The second-order valence-corrected chi connectivity index (χ2v) is 0. The molecule has 0 aliphatic carbocycles. The van der Waals surface area contributed by atoms with Crippen LogP contribution in [-0.2, 0) is 27.7 Å². The Labute approximate surface area is 152 Å². The van der Waals surface area contributed by atoms with Crippen LogP contribution in [0.5, 0.6) is 0 Å². The molecule has 0 atom stereocenters. The fourth-order valence-corrected chi connectivity index (χ4v) is 0. The zero-order chi connectivity index (χ0) is 0. The Kier molecular flexibility index (Phi) is 617. The molecule has 2 radical (unpaired) electrons. The topological polar surface area (TPSA) is 0 Å². The van der Waals surface area contributed by atoms with Crippen molar-refractivity contribution in [1.29, 1.82) is 0 Å². The van der Waals surface area contributed by atoms with Crippen LogP contribution in [0.3, 0.4) is 0 Å². The quantitative estimate of drug-likeness (QED) is 0.241. The van der Waals surface area contributed by atoms with Crippen LogP contribution in [0.1, 0.15) is 0 Å². The number of hydrogen-bond donors (Lipinski definition) is 0. The molecule has 0 aromatic rings. The Morgan fingerprint density at radius 3 is 0.625 bits per heavy atom. The van der Waals surface area contributed by atoms with Crippen molar-refractivity contribution in [1.82, 2.24) is 0 Å². The summed E-state index contributed by atoms with van der Waals surface area (Å²) in [7, 11) is 0. The predicted molar refractivity (Wildman–Crippen MR) is 70.9 cm³/mol. The van der Waals surface area contributed by atoms with E-state index in [1.807, 2.05) is 0 Å². The van der Waals surface area contributed by atoms with E-state index in [1.165, 1.54) is 0 Å². The van der Waals surface area contributed by atoms with E-state index in [2.05, 4.69) is 0 Å². The number of rotatable bonds is 0. The molecule has 0 aliphatic rings. The molecule has 0 rings (SSSR count). The van der Waals surface area contributed by atoms with Gasteiger partial charge in [-0.2, -0.15) is 40.5 Å².